The number of nitrogens with one attached hydrogen (secondary N) is 1. The number of hydrogen-bond donors (Lipinski definition) is 2. The first-order valence-corrected chi connectivity index (χ1v) is 6.68. The van der Waals surface area contributed by atoms with Gasteiger partial charge in [0.25, 0.3) is 0 Å². The highest BCUT2D eigenvalue weighted by Gasteiger charge is 2.27. The quantitative estimate of drug-likeness (QED) is 0.806. The number of aliphatic hydroxyl groups is 1. The molecule has 1 aliphatic carbocycles. The maximum atomic E-state index is 10.5. The highest BCUT2D eigenvalue weighted by molar-refractivity contribution is 5.42. The Labute approximate surface area is 108 Å². The maximum Gasteiger partial charge on any atom is 0.213 e. The molecule has 0 amide bonds. The van der Waals surface area contributed by atoms with Gasteiger partial charge >= 0.3 is 0 Å². The molecule has 0 spiro atoms. The highest BCUT2D eigenvalue weighted by atomic mass is 16.5. The van der Waals surface area contributed by atoms with Crippen molar-refractivity contribution in [1.29, 1.82) is 0 Å². The number of anilines is 1. The number of pyridine rings is 1. The summed E-state index contributed by atoms with van der Waals surface area (Å²) in [6.07, 6.45) is 8.25. The fourth-order valence-electron chi connectivity index (χ4n) is 2.44. The van der Waals surface area contributed by atoms with Crippen LogP contribution in [0.3, 0.4) is 0 Å². The van der Waals surface area contributed by atoms with Crippen molar-refractivity contribution in [3.8, 4) is 5.88 Å². The monoisotopic (exact) mass is 250 g/mol. The zero-order chi connectivity index (χ0) is 12.8. The van der Waals surface area contributed by atoms with Crippen LogP contribution in [0.1, 0.15) is 38.5 Å². The van der Waals surface area contributed by atoms with Gasteiger partial charge in [-0.15, -0.1) is 0 Å². The molecule has 1 aromatic rings. The molecule has 2 N–H and O–H groups in total. The molecular weight excluding hydrogens is 228 g/mol. The molecule has 2 rings (SSSR count). The number of nitrogens with zero attached hydrogens (tertiary/aromatic N) is 1. The van der Waals surface area contributed by atoms with E-state index in [9.17, 15) is 5.11 Å². The lowest BCUT2D eigenvalue weighted by molar-refractivity contribution is 0.0381. The average molecular weight is 250 g/mol. The Morgan fingerprint density at radius 3 is 2.56 bits per heavy atom. The van der Waals surface area contributed by atoms with Crippen LogP contribution in [0.5, 0.6) is 5.88 Å². The zero-order valence-corrected chi connectivity index (χ0v) is 11.0. The van der Waals surface area contributed by atoms with E-state index in [1.54, 1.807) is 13.3 Å². The Hall–Kier alpha value is -1.29. The molecular formula is C14H22N2O2. The van der Waals surface area contributed by atoms with Crippen LogP contribution >= 0.6 is 0 Å². The van der Waals surface area contributed by atoms with Gasteiger partial charge in [-0.2, -0.15) is 0 Å². The van der Waals surface area contributed by atoms with Crippen molar-refractivity contribution in [2.45, 2.75) is 44.1 Å². The molecule has 4 nitrogen and oxygen atoms in total. The van der Waals surface area contributed by atoms with Crippen LogP contribution in [0.15, 0.2) is 18.3 Å². The van der Waals surface area contributed by atoms with Crippen LogP contribution in [0.4, 0.5) is 5.69 Å². The second kappa shape index (κ2) is 6.05. The summed E-state index contributed by atoms with van der Waals surface area (Å²) in [6.45, 7) is 0.598. The third kappa shape index (κ3) is 3.60. The lowest BCUT2D eigenvalue weighted by Gasteiger charge is -2.27. The van der Waals surface area contributed by atoms with E-state index in [0.717, 1.165) is 31.4 Å². The van der Waals surface area contributed by atoms with Crippen molar-refractivity contribution >= 4 is 5.69 Å². The summed E-state index contributed by atoms with van der Waals surface area (Å²) in [5.41, 5.74) is 0.365. The summed E-state index contributed by atoms with van der Waals surface area (Å²) < 4.78 is 5.01. The van der Waals surface area contributed by atoms with Crippen molar-refractivity contribution in [2.75, 3.05) is 19.0 Å². The summed E-state index contributed by atoms with van der Waals surface area (Å²) >= 11 is 0. The minimum absolute atomic E-state index is 0.559. The molecule has 0 atom stereocenters. The normalized spacial score (nSPS) is 19.0. The number of methoxy groups -OCH3 is 1. The number of rotatable bonds is 4. The van der Waals surface area contributed by atoms with Gasteiger partial charge in [-0.25, -0.2) is 4.98 Å². The average Bonchev–Trinajstić information content (AvgIpc) is 2.62. The van der Waals surface area contributed by atoms with Crippen molar-refractivity contribution < 1.29 is 9.84 Å². The van der Waals surface area contributed by atoms with E-state index in [1.165, 1.54) is 12.8 Å². The largest absolute Gasteiger partial charge is 0.481 e. The van der Waals surface area contributed by atoms with Crippen LogP contribution in [-0.2, 0) is 0 Å². The van der Waals surface area contributed by atoms with E-state index in [0.29, 0.717) is 12.4 Å². The lowest BCUT2D eigenvalue weighted by Crippen LogP contribution is -2.36. The summed E-state index contributed by atoms with van der Waals surface area (Å²) in [5, 5.41) is 13.8. The van der Waals surface area contributed by atoms with E-state index in [4.69, 9.17) is 4.74 Å². The fourth-order valence-corrected chi connectivity index (χ4v) is 2.44. The maximum absolute atomic E-state index is 10.5. The standard InChI is InChI=1S/C14H22N2O2/c1-18-13-7-6-12(10-15-13)16-11-14(17)8-4-2-3-5-9-14/h6-7,10,16-17H,2-5,8-9,11H2,1H3. The van der Waals surface area contributed by atoms with E-state index in [2.05, 4.69) is 10.3 Å². The van der Waals surface area contributed by atoms with Gasteiger partial charge in [0.1, 0.15) is 0 Å². The first kappa shape index (κ1) is 13.1. The Balaban J connectivity index is 1.88. The Morgan fingerprint density at radius 1 is 1.28 bits per heavy atom. The van der Waals surface area contributed by atoms with Crippen molar-refractivity contribution in [3.05, 3.63) is 18.3 Å². The SMILES string of the molecule is COc1ccc(NCC2(O)CCCCCC2)cn1. The van der Waals surface area contributed by atoms with Gasteiger partial charge in [0.2, 0.25) is 5.88 Å². The number of aromatic nitrogens is 1. The van der Waals surface area contributed by atoms with Crippen LogP contribution in [0.2, 0.25) is 0 Å². The van der Waals surface area contributed by atoms with Crippen molar-refractivity contribution in [2.24, 2.45) is 0 Å². The predicted octanol–water partition coefficient (Wildman–Crippen LogP) is 2.59. The van der Waals surface area contributed by atoms with Gasteiger partial charge in [0.15, 0.2) is 0 Å². The van der Waals surface area contributed by atoms with Crippen molar-refractivity contribution in [1.82, 2.24) is 4.98 Å². The second-order valence-corrected chi connectivity index (χ2v) is 5.08. The molecule has 0 saturated heterocycles. The molecule has 1 heterocycles. The van der Waals surface area contributed by atoms with Crippen LogP contribution in [-0.4, -0.2) is 29.3 Å². The smallest absolute Gasteiger partial charge is 0.213 e. The third-order valence-electron chi connectivity index (χ3n) is 3.60. The van der Waals surface area contributed by atoms with Gasteiger partial charge in [0, 0.05) is 12.6 Å². The molecule has 0 unspecified atom stereocenters. The lowest BCUT2D eigenvalue weighted by atomic mass is 9.94. The van der Waals surface area contributed by atoms with Crippen LogP contribution < -0.4 is 10.1 Å². The molecule has 1 saturated carbocycles. The van der Waals surface area contributed by atoms with E-state index in [1.807, 2.05) is 12.1 Å². The molecule has 1 aromatic heterocycles. The minimum Gasteiger partial charge on any atom is -0.481 e. The fraction of sp³-hybridized carbons (Fsp3) is 0.643. The molecule has 0 aromatic carbocycles. The molecule has 0 radical (unpaired) electrons. The number of hydrogen-bond acceptors (Lipinski definition) is 4. The van der Waals surface area contributed by atoms with Gasteiger partial charge in [0.05, 0.1) is 24.6 Å². The number of ether oxygens (including phenoxy) is 1. The molecule has 1 fully saturated rings. The van der Waals surface area contributed by atoms with Crippen LogP contribution in [0, 0.1) is 0 Å². The first-order chi connectivity index (χ1) is 8.72. The zero-order valence-electron chi connectivity index (χ0n) is 11.0. The minimum atomic E-state index is -0.559. The van der Waals surface area contributed by atoms with Gasteiger partial charge in [-0.3, -0.25) is 0 Å². The first-order valence-electron chi connectivity index (χ1n) is 6.68. The summed E-state index contributed by atoms with van der Waals surface area (Å²) in [5.74, 6) is 0.605. The summed E-state index contributed by atoms with van der Waals surface area (Å²) in [7, 11) is 1.60. The molecule has 0 bridgehead atoms. The predicted molar refractivity (Wildman–Crippen MR) is 71.9 cm³/mol. The summed E-state index contributed by atoms with van der Waals surface area (Å²) in [6, 6.07) is 3.74. The highest BCUT2D eigenvalue weighted by Crippen LogP contribution is 2.27. The van der Waals surface area contributed by atoms with Crippen LogP contribution in [0.25, 0.3) is 0 Å². The van der Waals surface area contributed by atoms with Gasteiger partial charge < -0.3 is 15.2 Å². The molecule has 0 aliphatic heterocycles. The topological polar surface area (TPSA) is 54.4 Å². The third-order valence-corrected chi connectivity index (χ3v) is 3.60. The van der Waals surface area contributed by atoms with E-state index in [-0.39, 0.29) is 0 Å². The Bertz CT molecular complexity index is 357. The van der Waals surface area contributed by atoms with Gasteiger partial charge in [-0.05, 0) is 18.9 Å². The summed E-state index contributed by atoms with van der Waals surface area (Å²) in [4.78, 5) is 4.14. The molecule has 1 aliphatic rings. The molecule has 18 heavy (non-hydrogen) atoms. The second-order valence-electron chi connectivity index (χ2n) is 5.08. The molecule has 4 heteroatoms. The Morgan fingerprint density at radius 2 is 2.00 bits per heavy atom. The van der Waals surface area contributed by atoms with Crippen molar-refractivity contribution in [3.63, 3.8) is 0 Å². The molecule has 100 valence electrons. The van der Waals surface area contributed by atoms with E-state index < -0.39 is 5.60 Å². The van der Waals surface area contributed by atoms with Gasteiger partial charge in [-0.1, -0.05) is 25.7 Å². The Kier molecular flexibility index (Phi) is 4.42. The van der Waals surface area contributed by atoms with E-state index >= 15 is 0 Å².